The van der Waals surface area contributed by atoms with Crippen molar-refractivity contribution in [3.05, 3.63) is 59.7 Å². The van der Waals surface area contributed by atoms with E-state index < -0.39 is 0 Å². The molecular weight excluding hydrogens is 326 g/mol. The van der Waals surface area contributed by atoms with Gasteiger partial charge in [0.1, 0.15) is 5.75 Å². The van der Waals surface area contributed by atoms with Crippen molar-refractivity contribution in [2.75, 3.05) is 45.7 Å². The number of methoxy groups -OCH3 is 1. The Kier molecular flexibility index (Phi) is 5.91. The molecule has 3 rings (SSSR count). The first kappa shape index (κ1) is 18.4. The molecule has 0 radical (unpaired) electrons. The molecule has 0 saturated carbocycles. The minimum Gasteiger partial charge on any atom is -0.497 e. The Labute approximate surface area is 155 Å². The van der Waals surface area contributed by atoms with Gasteiger partial charge in [0.15, 0.2) is 0 Å². The van der Waals surface area contributed by atoms with Crippen molar-refractivity contribution in [2.45, 2.75) is 12.5 Å². The Morgan fingerprint density at radius 3 is 2.62 bits per heavy atom. The second kappa shape index (κ2) is 8.34. The predicted molar refractivity (Wildman–Crippen MR) is 105 cm³/mol. The fraction of sp³-hybridized carbons (Fsp3) is 0.381. The Bertz CT molecular complexity index is 743. The number of rotatable bonds is 7. The quantitative estimate of drug-likeness (QED) is 0.831. The number of hydrogen-bond acceptors (Lipinski definition) is 4. The van der Waals surface area contributed by atoms with Crippen LogP contribution in [0.15, 0.2) is 48.5 Å². The molecule has 0 fully saturated rings. The number of para-hydroxylation sites is 1. The predicted octanol–water partition coefficient (Wildman–Crippen LogP) is 2.48. The number of amides is 1. The van der Waals surface area contributed by atoms with Gasteiger partial charge in [-0.05, 0) is 49.8 Å². The summed E-state index contributed by atoms with van der Waals surface area (Å²) in [5.41, 5.74) is 3.51. The zero-order valence-electron chi connectivity index (χ0n) is 15.7. The summed E-state index contributed by atoms with van der Waals surface area (Å²) in [5.74, 6) is 0.976. The molecule has 0 spiro atoms. The first-order valence-corrected chi connectivity index (χ1v) is 8.99. The van der Waals surface area contributed by atoms with Gasteiger partial charge in [0, 0.05) is 24.8 Å². The van der Waals surface area contributed by atoms with Gasteiger partial charge < -0.3 is 19.9 Å². The molecule has 0 aromatic heterocycles. The SMILES string of the molecule is COc1ccc(C(CNCC(=O)N2CCc3ccccc32)N(C)C)cc1. The number of fused-ring (bicyclic) bond motifs is 1. The fourth-order valence-corrected chi connectivity index (χ4v) is 3.43. The summed E-state index contributed by atoms with van der Waals surface area (Å²) < 4.78 is 5.23. The Morgan fingerprint density at radius 1 is 1.19 bits per heavy atom. The Balaban J connectivity index is 1.57. The average Bonchev–Trinajstić information content (AvgIpc) is 3.09. The third-order valence-corrected chi connectivity index (χ3v) is 4.93. The number of carbonyl (C=O) groups excluding carboxylic acids is 1. The molecule has 5 heteroatoms. The summed E-state index contributed by atoms with van der Waals surface area (Å²) in [7, 11) is 5.77. The molecule has 1 heterocycles. The molecule has 1 amide bonds. The minimum atomic E-state index is 0.127. The van der Waals surface area contributed by atoms with E-state index in [2.05, 4.69) is 42.5 Å². The highest BCUT2D eigenvalue weighted by atomic mass is 16.5. The van der Waals surface area contributed by atoms with Crippen LogP contribution in [-0.4, -0.2) is 51.6 Å². The van der Waals surface area contributed by atoms with Gasteiger partial charge in [-0.1, -0.05) is 30.3 Å². The van der Waals surface area contributed by atoms with Gasteiger partial charge in [-0.2, -0.15) is 0 Å². The van der Waals surface area contributed by atoms with Crippen LogP contribution in [0.25, 0.3) is 0 Å². The molecule has 1 aliphatic heterocycles. The van der Waals surface area contributed by atoms with E-state index >= 15 is 0 Å². The zero-order chi connectivity index (χ0) is 18.5. The first-order chi connectivity index (χ1) is 12.6. The van der Waals surface area contributed by atoms with Crippen molar-refractivity contribution in [2.24, 2.45) is 0 Å². The summed E-state index contributed by atoms with van der Waals surface area (Å²) in [6.45, 7) is 1.82. The molecule has 1 atom stereocenters. The van der Waals surface area contributed by atoms with E-state index in [1.165, 1.54) is 11.1 Å². The molecule has 2 aromatic carbocycles. The molecule has 1 unspecified atom stereocenters. The van der Waals surface area contributed by atoms with Crippen LogP contribution < -0.4 is 15.0 Å². The van der Waals surface area contributed by atoms with E-state index in [1.54, 1.807) is 7.11 Å². The molecular formula is C21H27N3O2. The Hall–Kier alpha value is -2.37. The van der Waals surface area contributed by atoms with E-state index in [0.717, 1.165) is 24.4 Å². The first-order valence-electron chi connectivity index (χ1n) is 8.99. The van der Waals surface area contributed by atoms with Gasteiger partial charge in [-0.25, -0.2) is 0 Å². The van der Waals surface area contributed by atoms with Crippen LogP contribution in [0.3, 0.4) is 0 Å². The molecule has 2 aromatic rings. The fourth-order valence-electron chi connectivity index (χ4n) is 3.43. The zero-order valence-corrected chi connectivity index (χ0v) is 15.7. The number of carbonyl (C=O) groups is 1. The maximum absolute atomic E-state index is 12.6. The molecule has 0 bridgehead atoms. The second-order valence-corrected chi connectivity index (χ2v) is 6.81. The number of nitrogens with zero attached hydrogens (tertiary/aromatic N) is 2. The third kappa shape index (κ3) is 4.06. The number of hydrogen-bond donors (Lipinski definition) is 1. The van der Waals surface area contributed by atoms with Crippen LogP contribution in [0.1, 0.15) is 17.2 Å². The van der Waals surface area contributed by atoms with Gasteiger partial charge in [-0.15, -0.1) is 0 Å². The third-order valence-electron chi connectivity index (χ3n) is 4.93. The number of nitrogens with one attached hydrogen (secondary N) is 1. The van der Waals surface area contributed by atoms with Gasteiger partial charge >= 0.3 is 0 Å². The maximum Gasteiger partial charge on any atom is 0.240 e. The molecule has 138 valence electrons. The molecule has 0 saturated heterocycles. The standard InChI is InChI=1S/C21H27N3O2/c1-23(2)20(17-8-10-18(26-3)11-9-17)14-22-15-21(25)24-13-12-16-6-4-5-7-19(16)24/h4-11,20,22H,12-15H2,1-3H3. The largest absolute Gasteiger partial charge is 0.497 e. The molecule has 5 nitrogen and oxygen atoms in total. The summed E-state index contributed by atoms with van der Waals surface area (Å²) in [6.07, 6.45) is 0.939. The summed E-state index contributed by atoms with van der Waals surface area (Å²) in [4.78, 5) is 16.7. The number of benzene rings is 2. The van der Waals surface area contributed by atoms with Crippen molar-refractivity contribution in [1.29, 1.82) is 0 Å². The van der Waals surface area contributed by atoms with Crippen molar-refractivity contribution in [3.8, 4) is 5.75 Å². The normalized spacial score (nSPS) is 14.4. The molecule has 0 aliphatic carbocycles. The van der Waals surface area contributed by atoms with Crippen LogP contribution in [-0.2, 0) is 11.2 Å². The number of ether oxygens (including phenoxy) is 1. The second-order valence-electron chi connectivity index (χ2n) is 6.81. The van der Waals surface area contributed by atoms with Crippen LogP contribution in [0.2, 0.25) is 0 Å². The smallest absolute Gasteiger partial charge is 0.240 e. The number of likely N-dealkylation sites (N-methyl/N-ethyl adjacent to an activating group) is 1. The van der Waals surface area contributed by atoms with Gasteiger partial charge in [0.05, 0.1) is 13.7 Å². The lowest BCUT2D eigenvalue weighted by atomic mass is 10.1. The average molecular weight is 353 g/mol. The minimum absolute atomic E-state index is 0.127. The van der Waals surface area contributed by atoms with Crippen molar-refractivity contribution in [1.82, 2.24) is 10.2 Å². The maximum atomic E-state index is 12.6. The lowest BCUT2D eigenvalue weighted by molar-refractivity contribution is -0.117. The van der Waals surface area contributed by atoms with Gasteiger partial charge in [0.2, 0.25) is 5.91 Å². The highest BCUT2D eigenvalue weighted by Gasteiger charge is 2.24. The molecule has 1 N–H and O–H groups in total. The van der Waals surface area contributed by atoms with Crippen LogP contribution >= 0.6 is 0 Å². The summed E-state index contributed by atoms with van der Waals surface area (Å²) >= 11 is 0. The van der Waals surface area contributed by atoms with E-state index in [9.17, 15) is 4.79 Å². The molecule has 26 heavy (non-hydrogen) atoms. The summed E-state index contributed by atoms with van der Waals surface area (Å²) in [6, 6.07) is 16.4. The van der Waals surface area contributed by atoms with E-state index in [1.807, 2.05) is 35.2 Å². The Morgan fingerprint density at radius 2 is 1.92 bits per heavy atom. The van der Waals surface area contributed by atoms with Crippen molar-refractivity contribution >= 4 is 11.6 Å². The van der Waals surface area contributed by atoms with Crippen molar-refractivity contribution < 1.29 is 9.53 Å². The highest BCUT2D eigenvalue weighted by Crippen LogP contribution is 2.27. The van der Waals surface area contributed by atoms with E-state index in [0.29, 0.717) is 13.1 Å². The van der Waals surface area contributed by atoms with Crippen LogP contribution in [0.4, 0.5) is 5.69 Å². The molecule has 1 aliphatic rings. The number of anilines is 1. The van der Waals surface area contributed by atoms with Crippen LogP contribution in [0, 0.1) is 0 Å². The van der Waals surface area contributed by atoms with Gasteiger partial charge in [0.25, 0.3) is 0 Å². The monoisotopic (exact) mass is 353 g/mol. The lowest BCUT2D eigenvalue weighted by Crippen LogP contribution is -2.40. The summed E-state index contributed by atoms with van der Waals surface area (Å²) in [5, 5.41) is 3.34. The topological polar surface area (TPSA) is 44.8 Å². The lowest BCUT2D eigenvalue weighted by Gasteiger charge is -2.26. The van der Waals surface area contributed by atoms with Gasteiger partial charge in [-0.3, -0.25) is 4.79 Å². The van der Waals surface area contributed by atoms with E-state index in [-0.39, 0.29) is 11.9 Å². The highest BCUT2D eigenvalue weighted by molar-refractivity contribution is 5.96. The van der Waals surface area contributed by atoms with E-state index in [4.69, 9.17) is 4.74 Å². The van der Waals surface area contributed by atoms with Crippen LogP contribution in [0.5, 0.6) is 5.75 Å². The van der Waals surface area contributed by atoms with Crippen molar-refractivity contribution in [3.63, 3.8) is 0 Å².